The van der Waals surface area contributed by atoms with Crippen LogP contribution in [0.1, 0.15) is 0 Å². The van der Waals surface area contributed by atoms with E-state index in [1.807, 2.05) is 22.7 Å². The number of hydrogen-bond donors (Lipinski definition) is 0. The first-order valence-electron chi connectivity index (χ1n) is 24.0. The first kappa shape index (κ1) is 42.4. The summed E-state index contributed by atoms with van der Waals surface area (Å²) in [5, 5.41) is 5.05. The van der Waals surface area contributed by atoms with E-state index in [2.05, 4.69) is 288 Å². The number of para-hydroxylation sites is 5. The molecule has 0 fully saturated rings. The highest BCUT2D eigenvalue weighted by Crippen LogP contribution is 2.45. The van der Waals surface area contributed by atoms with Crippen LogP contribution >= 0.6 is 22.7 Å². The van der Waals surface area contributed by atoms with Crippen molar-refractivity contribution in [1.82, 2.24) is 0 Å². The van der Waals surface area contributed by atoms with Gasteiger partial charge >= 0.3 is 0 Å². The van der Waals surface area contributed by atoms with E-state index < -0.39 is 0 Å². The molecule has 0 bridgehead atoms. The van der Waals surface area contributed by atoms with Gasteiger partial charge in [-0.05, 0) is 168 Å². The van der Waals surface area contributed by atoms with Crippen molar-refractivity contribution >= 4 is 114 Å². The van der Waals surface area contributed by atoms with Gasteiger partial charge in [-0.25, -0.2) is 0 Å². The third kappa shape index (κ3) is 8.07. The molecular weight excluding hydrogens is 899 g/mol. The molecule has 0 amide bonds. The monoisotopic (exact) mass is 943 g/mol. The van der Waals surface area contributed by atoms with Crippen LogP contribution in [0.15, 0.2) is 273 Å². The number of hydrogen-bond acceptors (Lipinski definition) is 5. The van der Waals surface area contributed by atoms with E-state index in [4.69, 9.17) is 0 Å². The molecule has 2 aromatic heterocycles. The summed E-state index contributed by atoms with van der Waals surface area (Å²) in [4.78, 5) is 7.02. The Hall–Kier alpha value is -8.74. The smallest absolute Gasteiger partial charge is 0.0468 e. The molecule has 71 heavy (non-hydrogen) atoms. The van der Waals surface area contributed by atoms with E-state index >= 15 is 0 Å². The standard InChI is InChI=1S/C66H45N3S2/c1-6-16-50(17-7-1)67(51-18-8-2-9-19-51)55-32-26-46(27-33-55)48-30-38-63-59(42-48)61-44-57(36-40-65(61)70-63)69(54-24-14-5-15-25-54)58-37-41-66-62(45-58)60-43-49(31-39-64(60)71-66)47-28-34-56(35-29-47)68(52-20-10-3-11-21-52)53-22-12-4-13-23-53/h1-45H. The van der Waals surface area contributed by atoms with Gasteiger partial charge in [0, 0.05) is 91.5 Å². The van der Waals surface area contributed by atoms with Gasteiger partial charge in [-0.15, -0.1) is 22.7 Å². The van der Waals surface area contributed by atoms with Crippen molar-refractivity contribution in [2.24, 2.45) is 0 Å². The lowest BCUT2D eigenvalue weighted by molar-refractivity contribution is 1.28. The lowest BCUT2D eigenvalue weighted by Gasteiger charge is -2.26. The number of thiophene rings is 2. The largest absolute Gasteiger partial charge is 0.311 e. The first-order valence-corrected chi connectivity index (χ1v) is 25.6. The summed E-state index contributed by atoms with van der Waals surface area (Å²) in [6.45, 7) is 0. The highest BCUT2D eigenvalue weighted by Gasteiger charge is 2.19. The SMILES string of the molecule is c1ccc(N(c2ccccc2)c2ccc(-c3ccc4sc5ccc(N(c6ccccc6)c6ccc7sc8ccc(-c9ccc(N(c%10ccccc%10)c%10ccccc%10)cc9)cc8c7c6)cc5c4c3)cc2)cc1. The number of rotatable bonds is 11. The van der Waals surface area contributed by atoms with Crippen LogP contribution in [0.5, 0.6) is 0 Å². The zero-order chi connectivity index (χ0) is 47.1. The van der Waals surface area contributed by atoms with Crippen molar-refractivity contribution < 1.29 is 0 Å². The van der Waals surface area contributed by atoms with Gasteiger partial charge < -0.3 is 14.7 Å². The topological polar surface area (TPSA) is 9.72 Å². The van der Waals surface area contributed by atoms with Crippen molar-refractivity contribution in [3.63, 3.8) is 0 Å². The summed E-state index contributed by atoms with van der Waals surface area (Å²) in [6, 6.07) is 98.9. The highest BCUT2D eigenvalue weighted by atomic mass is 32.1. The highest BCUT2D eigenvalue weighted by molar-refractivity contribution is 7.26. The molecule has 0 aliphatic carbocycles. The lowest BCUT2D eigenvalue weighted by atomic mass is 10.0. The minimum atomic E-state index is 1.12. The van der Waals surface area contributed by atoms with Crippen LogP contribution in [0.2, 0.25) is 0 Å². The normalized spacial score (nSPS) is 11.4. The molecule has 0 saturated heterocycles. The molecule has 13 aromatic rings. The Labute approximate surface area is 421 Å². The fourth-order valence-electron chi connectivity index (χ4n) is 10.0. The summed E-state index contributed by atoms with van der Waals surface area (Å²) < 4.78 is 5.12. The molecular formula is C66H45N3S2. The summed E-state index contributed by atoms with van der Waals surface area (Å²) in [7, 11) is 0. The van der Waals surface area contributed by atoms with Gasteiger partial charge in [0.25, 0.3) is 0 Å². The summed E-state index contributed by atoms with van der Waals surface area (Å²) in [5.74, 6) is 0. The van der Waals surface area contributed by atoms with Gasteiger partial charge in [-0.2, -0.15) is 0 Å². The molecule has 0 unspecified atom stereocenters. The summed E-state index contributed by atoms with van der Waals surface area (Å²) in [5.41, 5.74) is 14.9. The molecule has 2 heterocycles. The number of anilines is 9. The van der Waals surface area contributed by atoms with Crippen molar-refractivity contribution in [2.45, 2.75) is 0 Å². The molecule has 0 spiro atoms. The maximum absolute atomic E-state index is 2.41. The molecule has 11 aromatic carbocycles. The van der Waals surface area contributed by atoms with Crippen molar-refractivity contribution in [3.8, 4) is 22.3 Å². The zero-order valence-electron chi connectivity index (χ0n) is 38.6. The molecule has 0 aliphatic rings. The van der Waals surface area contributed by atoms with Crippen molar-refractivity contribution in [3.05, 3.63) is 273 Å². The predicted octanol–water partition coefficient (Wildman–Crippen LogP) is 20.2. The Balaban J connectivity index is 0.850. The number of benzene rings is 11. The fourth-order valence-corrected chi connectivity index (χ4v) is 12.1. The summed E-state index contributed by atoms with van der Waals surface area (Å²) >= 11 is 3.71. The van der Waals surface area contributed by atoms with Gasteiger partial charge in [0.15, 0.2) is 0 Å². The Kier molecular flexibility index (Phi) is 10.9. The van der Waals surface area contributed by atoms with Crippen LogP contribution in [0.25, 0.3) is 62.6 Å². The second-order valence-corrected chi connectivity index (χ2v) is 19.9. The summed E-state index contributed by atoms with van der Waals surface area (Å²) in [6.07, 6.45) is 0. The first-order chi connectivity index (χ1) is 35.2. The van der Waals surface area contributed by atoms with Crippen LogP contribution in [-0.2, 0) is 0 Å². The number of fused-ring (bicyclic) bond motifs is 6. The Morgan fingerprint density at radius 2 is 0.408 bits per heavy atom. The third-order valence-corrected chi connectivity index (χ3v) is 15.7. The Morgan fingerprint density at radius 3 is 0.718 bits per heavy atom. The van der Waals surface area contributed by atoms with Crippen LogP contribution in [0.4, 0.5) is 51.2 Å². The van der Waals surface area contributed by atoms with Gasteiger partial charge in [0.2, 0.25) is 0 Å². The van der Waals surface area contributed by atoms with Crippen LogP contribution < -0.4 is 14.7 Å². The molecule has 0 atom stereocenters. The fraction of sp³-hybridized carbons (Fsp3) is 0. The second kappa shape index (κ2) is 18.3. The van der Waals surface area contributed by atoms with Gasteiger partial charge in [0.05, 0.1) is 0 Å². The van der Waals surface area contributed by atoms with Crippen LogP contribution in [0, 0.1) is 0 Å². The molecule has 5 heteroatoms. The number of nitrogens with zero attached hydrogens (tertiary/aromatic N) is 3. The molecule has 0 radical (unpaired) electrons. The molecule has 0 aliphatic heterocycles. The maximum Gasteiger partial charge on any atom is 0.0468 e. The van der Waals surface area contributed by atoms with Crippen LogP contribution in [0.3, 0.4) is 0 Å². The lowest BCUT2D eigenvalue weighted by Crippen LogP contribution is -2.09. The van der Waals surface area contributed by atoms with E-state index in [9.17, 15) is 0 Å². The zero-order valence-corrected chi connectivity index (χ0v) is 40.3. The van der Waals surface area contributed by atoms with Crippen LogP contribution in [-0.4, -0.2) is 0 Å². The minimum Gasteiger partial charge on any atom is -0.311 e. The van der Waals surface area contributed by atoms with Gasteiger partial charge in [-0.1, -0.05) is 127 Å². The average Bonchev–Trinajstić information content (AvgIpc) is 4.00. The van der Waals surface area contributed by atoms with E-state index in [0.29, 0.717) is 0 Å². The van der Waals surface area contributed by atoms with E-state index in [1.165, 1.54) is 62.6 Å². The quantitative estimate of drug-likeness (QED) is 0.128. The maximum atomic E-state index is 2.41. The second-order valence-electron chi connectivity index (χ2n) is 17.8. The predicted molar refractivity (Wildman–Crippen MR) is 307 cm³/mol. The van der Waals surface area contributed by atoms with E-state index in [-0.39, 0.29) is 0 Å². The van der Waals surface area contributed by atoms with E-state index in [0.717, 1.165) is 51.2 Å². The van der Waals surface area contributed by atoms with Gasteiger partial charge in [0.1, 0.15) is 0 Å². The molecule has 336 valence electrons. The van der Waals surface area contributed by atoms with E-state index in [1.54, 1.807) is 0 Å². The van der Waals surface area contributed by atoms with Crippen molar-refractivity contribution in [1.29, 1.82) is 0 Å². The average molecular weight is 944 g/mol. The molecule has 3 nitrogen and oxygen atoms in total. The van der Waals surface area contributed by atoms with Crippen molar-refractivity contribution in [2.75, 3.05) is 14.7 Å². The Morgan fingerprint density at radius 1 is 0.183 bits per heavy atom. The Bertz CT molecular complexity index is 3640. The molecule has 13 rings (SSSR count). The van der Waals surface area contributed by atoms with Gasteiger partial charge in [-0.3, -0.25) is 0 Å². The minimum absolute atomic E-state index is 1.12. The molecule has 0 saturated carbocycles. The molecule has 0 N–H and O–H groups in total. The third-order valence-electron chi connectivity index (χ3n) is 13.4.